The van der Waals surface area contributed by atoms with Gasteiger partial charge in [-0.15, -0.1) is 0 Å². The Balaban J connectivity index is 2.02. The van der Waals surface area contributed by atoms with Crippen molar-refractivity contribution in [3.05, 3.63) is 77.1 Å². The molecule has 2 heteroatoms. The van der Waals surface area contributed by atoms with Crippen LogP contribution < -0.4 is 0 Å². The van der Waals surface area contributed by atoms with E-state index in [0.717, 1.165) is 27.1 Å². The molecule has 0 aliphatic heterocycles. The van der Waals surface area contributed by atoms with Crippen molar-refractivity contribution < 1.29 is 0 Å². The summed E-state index contributed by atoms with van der Waals surface area (Å²) in [7, 11) is 0. The molecule has 3 aromatic rings. The van der Waals surface area contributed by atoms with Gasteiger partial charge >= 0.3 is 0 Å². The van der Waals surface area contributed by atoms with Crippen LogP contribution in [0.5, 0.6) is 0 Å². The smallest absolute Gasteiger partial charge is 0.0629 e. The lowest BCUT2D eigenvalue weighted by atomic mass is 10.1. The molecule has 2 aromatic carbocycles. The van der Waals surface area contributed by atoms with Gasteiger partial charge in [-0.2, -0.15) is 0 Å². The third kappa shape index (κ3) is 2.51. The van der Waals surface area contributed by atoms with Crippen molar-refractivity contribution in [1.29, 1.82) is 0 Å². The minimum absolute atomic E-state index is 0.783. The lowest BCUT2D eigenvalue weighted by molar-refractivity contribution is 1.30. The zero-order valence-corrected chi connectivity index (χ0v) is 11.0. The first-order chi connectivity index (χ1) is 9.34. The Kier molecular flexibility index (Phi) is 3.30. The second-order valence-corrected chi connectivity index (χ2v) is 4.66. The first kappa shape index (κ1) is 11.9. The van der Waals surface area contributed by atoms with E-state index < -0.39 is 0 Å². The van der Waals surface area contributed by atoms with E-state index in [4.69, 9.17) is 11.6 Å². The summed E-state index contributed by atoms with van der Waals surface area (Å²) in [6.45, 7) is 0. The van der Waals surface area contributed by atoms with Crippen LogP contribution in [0.25, 0.3) is 22.9 Å². The summed E-state index contributed by atoms with van der Waals surface area (Å²) in [5.74, 6) is 0. The van der Waals surface area contributed by atoms with Gasteiger partial charge in [0.1, 0.15) is 0 Å². The van der Waals surface area contributed by atoms with Crippen molar-refractivity contribution in [1.82, 2.24) is 4.98 Å². The Bertz CT molecular complexity index is 733. The molecule has 0 saturated heterocycles. The van der Waals surface area contributed by atoms with Crippen LogP contribution in [0.3, 0.4) is 0 Å². The van der Waals surface area contributed by atoms with Gasteiger partial charge in [-0.3, -0.25) is 4.98 Å². The molecule has 92 valence electrons. The Morgan fingerprint density at radius 1 is 0.842 bits per heavy atom. The van der Waals surface area contributed by atoms with Gasteiger partial charge < -0.3 is 0 Å². The summed E-state index contributed by atoms with van der Waals surface area (Å²) in [6.07, 6.45) is 5.74. The molecule has 1 heterocycles. The highest BCUT2D eigenvalue weighted by atomic mass is 35.5. The second kappa shape index (κ2) is 5.25. The lowest BCUT2D eigenvalue weighted by Crippen LogP contribution is -1.80. The zero-order chi connectivity index (χ0) is 13.1. The number of hydrogen-bond donors (Lipinski definition) is 0. The van der Waals surface area contributed by atoms with E-state index in [9.17, 15) is 0 Å². The molecule has 0 saturated carbocycles. The molecule has 0 spiro atoms. The van der Waals surface area contributed by atoms with E-state index in [1.807, 2.05) is 54.6 Å². The van der Waals surface area contributed by atoms with E-state index >= 15 is 0 Å². The van der Waals surface area contributed by atoms with Crippen LogP contribution in [0.4, 0.5) is 0 Å². The number of nitrogens with zero attached hydrogens (tertiary/aromatic N) is 1. The SMILES string of the molecule is Clc1c(/C=C/c2ccccn2)ccc2ccccc12. The first-order valence-corrected chi connectivity index (χ1v) is 6.49. The monoisotopic (exact) mass is 265 g/mol. The van der Waals surface area contributed by atoms with E-state index in [1.54, 1.807) is 6.20 Å². The highest BCUT2D eigenvalue weighted by Gasteiger charge is 2.02. The number of halogens is 1. The quantitative estimate of drug-likeness (QED) is 0.631. The molecule has 0 radical (unpaired) electrons. The van der Waals surface area contributed by atoms with E-state index in [0.29, 0.717) is 0 Å². The molecule has 0 aliphatic carbocycles. The molecule has 0 atom stereocenters. The van der Waals surface area contributed by atoms with Gasteiger partial charge in [-0.25, -0.2) is 0 Å². The minimum atomic E-state index is 0.783. The molecule has 0 bridgehead atoms. The van der Waals surface area contributed by atoms with Crippen molar-refractivity contribution in [2.75, 3.05) is 0 Å². The van der Waals surface area contributed by atoms with Crippen LogP contribution >= 0.6 is 11.6 Å². The Labute approximate surface area is 117 Å². The second-order valence-electron chi connectivity index (χ2n) is 4.28. The summed E-state index contributed by atoms with van der Waals surface area (Å²) < 4.78 is 0. The van der Waals surface area contributed by atoms with Crippen LogP contribution in [-0.4, -0.2) is 4.98 Å². The number of fused-ring (bicyclic) bond motifs is 1. The standard InChI is InChI=1S/C17H12ClN/c18-17-14(10-11-15-6-3-4-12-19-15)9-8-13-5-1-2-7-16(13)17/h1-12H/b11-10+. The largest absolute Gasteiger partial charge is 0.257 e. The fourth-order valence-corrected chi connectivity index (χ4v) is 2.33. The van der Waals surface area contributed by atoms with Crippen molar-refractivity contribution in [3.63, 3.8) is 0 Å². The number of pyridine rings is 1. The third-order valence-electron chi connectivity index (χ3n) is 3.01. The predicted molar refractivity (Wildman–Crippen MR) is 82.1 cm³/mol. The van der Waals surface area contributed by atoms with Gasteiger partial charge in [-0.1, -0.05) is 60.1 Å². The average Bonchev–Trinajstić information content (AvgIpc) is 2.48. The number of aromatic nitrogens is 1. The molecule has 3 rings (SSSR count). The molecule has 0 fully saturated rings. The normalized spacial score (nSPS) is 11.2. The average molecular weight is 266 g/mol. The van der Waals surface area contributed by atoms with Crippen molar-refractivity contribution in [2.45, 2.75) is 0 Å². The Morgan fingerprint density at radius 3 is 2.53 bits per heavy atom. The maximum Gasteiger partial charge on any atom is 0.0629 e. The van der Waals surface area contributed by atoms with Crippen molar-refractivity contribution in [2.24, 2.45) is 0 Å². The van der Waals surface area contributed by atoms with E-state index in [2.05, 4.69) is 17.1 Å². The fourth-order valence-electron chi connectivity index (χ4n) is 2.03. The number of rotatable bonds is 2. The van der Waals surface area contributed by atoms with Gasteiger partial charge in [-0.05, 0) is 29.2 Å². The van der Waals surface area contributed by atoms with Crippen LogP contribution in [0, 0.1) is 0 Å². The highest BCUT2D eigenvalue weighted by Crippen LogP contribution is 2.28. The molecule has 0 aliphatic rings. The summed E-state index contributed by atoms with van der Waals surface area (Å²) in [5, 5.41) is 3.01. The Hall–Kier alpha value is -2.12. The van der Waals surface area contributed by atoms with E-state index in [-0.39, 0.29) is 0 Å². The highest BCUT2D eigenvalue weighted by molar-refractivity contribution is 6.37. The molecular weight excluding hydrogens is 254 g/mol. The third-order valence-corrected chi connectivity index (χ3v) is 3.44. The van der Waals surface area contributed by atoms with Crippen LogP contribution in [0.15, 0.2) is 60.8 Å². The minimum Gasteiger partial charge on any atom is -0.257 e. The van der Waals surface area contributed by atoms with Gasteiger partial charge in [0.15, 0.2) is 0 Å². The summed E-state index contributed by atoms with van der Waals surface area (Å²) in [6, 6.07) is 18.1. The van der Waals surface area contributed by atoms with Gasteiger partial charge in [0, 0.05) is 11.6 Å². The maximum absolute atomic E-state index is 6.44. The summed E-state index contributed by atoms with van der Waals surface area (Å²) in [4.78, 5) is 4.26. The van der Waals surface area contributed by atoms with E-state index in [1.165, 1.54) is 0 Å². The summed E-state index contributed by atoms with van der Waals surface area (Å²) >= 11 is 6.44. The van der Waals surface area contributed by atoms with Crippen LogP contribution in [0.2, 0.25) is 5.02 Å². The van der Waals surface area contributed by atoms with Crippen LogP contribution in [-0.2, 0) is 0 Å². The lowest BCUT2D eigenvalue weighted by Gasteiger charge is -2.03. The fraction of sp³-hybridized carbons (Fsp3) is 0. The van der Waals surface area contributed by atoms with Crippen molar-refractivity contribution >= 4 is 34.5 Å². The van der Waals surface area contributed by atoms with Crippen LogP contribution in [0.1, 0.15) is 11.3 Å². The number of benzene rings is 2. The molecular formula is C17H12ClN. The zero-order valence-electron chi connectivity index (χ0n) is 10.3. The van der Waals surface area contributed by atoms with Crippen molar-refractivity contribution in [3.8, 4) is 0 Å². The topological polar surface area (TPSA) is 12.9 Å². The number of hydrogen-bond acceptors (Lipinski definition) is 1. The molecule has 19 heavy (non-hydrogen) atoms. The van der Waals surface area contributed by atoms with Gasteiger partial charge in [0.2, 0.25) is 0 Å². The predicted octanol–water partition coefficient (Wildman–Crippen LogP) is 5.06. The molecule has 1 aromatic heterocycles. The van der Waals surface area contributed by atoms with Gasteiger partial charge in [0.25, 0.3) is 0 Å². The Morgan fingerprint density at radius 2 is 1.68 bits per heavy atom. The molecule has 1 nitrogen and oxygen atoms in total. The maximum atomic E-state index is 6.44. The summed E-state index contributed by atoms with van der Waals surface area (Å²) in [5.41, 5.74) is 1.93. The molecule has 0 unspecified atom stereocenters. The first-order valence-electron chi connectivity index (χ1n) is 6.11. The molecule has 0 N–H and O–H groups in total. The van der Waals surface area contributed by atoms with Gasteiger partial charge in [0.05, 0.1) is 10.7 Å². The molecule has 0 amide bonds.